The summed E-state index contributed by atoms with van der Waals surface area (Å²) in [6.07, 6.45) is 0.429. The number of halogens is 4. The molecular formula is C24H22ClF3N10O4. The maximum Gasteiger partial charge on any atom is 0.435 e. The van der Waals surface area contributed by atoms with E-state index in [1.165, 1.54) is 41.2 Å². The van der Waals surface area contributed by atoms with Crippen LogP contribution in [0.3, 0.4) is 0 Å². The first kappa shape index (κ1) is 31.3. The van der Waals surface area contributed by atoms with Crippen molar-refractivity contribution < 1.29 is 32.7 Å². The van der Waals surface area contributed by atoms with Gasteiger partial charge in [0.1, 0.15) is 6.54 Å². The smallest absolute Gasteiger partial charge is 0.435 e. The molecule has 0 saturated carbocycles. The summed E-state index contributed by atoms with van der Waals surface area (Å²) in [5.74, 6) is -0.766. The fraction of sp³-hybridized carbons (Fsp3) is 0.208. The van der Waals surface area contributed by atoms with Gasteiger partial charge in [0.05, 0.1) is 40.7 Å². The summed E-state index contributed by atoms with van der Waals surface area (Å²) in [6.45, 7) is -0.313. The van der Waals surface area contributed by atoms with Crippen LogP contribution in [0.25, 0.3) is 16.9 Å². The van der Waals surface area contributed by atoms with Gasteiger partial charge in [-0.05, 0) is 18.2 Å². The van der Waals surface area contributed by atoms with E-state index in [-0.39, 0.29) is 66.0 Å². The summed E-state index contributed by atoms with van der Waals surface area (Å²) in [7, 11) is 0. The van der Waals surface area contributed by atoms with Crippen LogP contribution in [0, 0.1) is 11.3 Å². The van der Waals surface area contributed by atoms with Gasteiger partial charge >= 0.3 is 6.18 Å². The van der Waals surface area contributed by atoms with Crippen molar-refractivity contribution >= 4 is 47.0 Å². The lowest BCUT2D eigenvalue weighted by Crippen LogP contribution is -2.38. The molecule has 0 spiro atoms. The van der Waals surface area contributed by atoms with Gasteiger partial charge < -0.3 is 26.8 Å². The van der Waals surface area contributed by atoms with Crippen molar-refractivity contribution in [2.45, 2.75) is 12.7 Å². The third-order valence-corrected chi connectivity index (χ3v) is 5.63. The molecule has 3 heterocycles. The molecule has 0 bridgehead atoms. The molecule has 4 rings (SSSR count). The zero-order valence-corrected chi connectivity index (χ0v) is 22.1. The first-order valence-corrected chi connectivity index (χ1v) is 12.1. The summed E-state index contributed by atoms with van der Waals surface area (Å²) in [5.41, 5.74) is 4.75. The van der Waals surface area contributed by atoms with Crippen molar-refractivity contribution in [3.05, 3.63) is 59.3 Å². The topological polar surface area (TPSA) is 205 Å². The number of benzene rings is 1. The normalized spacial score (nSPS) is 10.8. The molecular weight excluding hydrogens is 585 g/mol. The Morgan fingerprint density at radius 2 is 1.98 bits per heavy atom. The maximum absolute atomic E-state index is 13.6. The highest BCUT2D eigenvalue weighted by Crippen LogP contribution is 2.37. The standard InChI is InChI=1S/C23H20ClF3N10O2.CH2O2/c24-16-9-13(1-2-14(16)22(39)33-11-18(38)30-5-3-28)34-20-21-32-10-17(37(21)8-6-31-20)15-12-36(7-4-29)35-19(15)23(25,26)27;2-1-3/h1-2,6,8-10,12H,3,5,7,11,28H2,(H,30,38)(H,31,34)(H,33,39);1H,(H,2,3). The molecule has 42 heavy (non-hydrogen) atoms. The molecule has 0 aliphatic heterocycles. The van der Waals surface area contributed by atoms with E-state index in [0.29, 0.717) is 5.69 Å². The highest BCUT2D eigenvalue weighted by atomic mass is 35.5. The number of hydrogen-bond donors (Lipinski definition) is 5. The average molecular weight is 607 g/mol. The van der Waals surface area contributed by atoms with E-state index in [0.717, 1.165) is 10.9 Å². The van der Waals surface area contributed by atoms with E-state index in [4.69, 9.17) is 32.5 Å². The van der Waals surface area contributed by atoms with Crippen molar-refractivity contribution in [1.29, 1.82) is 5.26 Å². The number of nitrogens with two attached hydrogens (primary N) is 1. The number of alkyl halides is 3. The van der Waals surface area contributed by atoms with E-state index in [1.54, 1.807) is 6.07 Å². The van der Waals surface area contributed by atoms with E-state index >= 15 is 0 Å². The van der Waals surface area contributed by atoms with E-state index in [2.05, 4.69) is 31.0 Å². The zero-order chi connectivity index (χ0) is 30.9. The van der Waals surface area contributed by atoms with E-state index in [9.17, 15) is 22.8 Å². The quantitative estimate of drug-likeness (QED) is 0.175. The monoisotopic (exact) mass is 606 g/mol. The van der Waals surface area contributed by atoms with Gasteiger partial charge in [-0.2, -0.15) is 23.5 Å². The number of amides is 2. The molecule has 18 heteroatoms. The molecule has 0 fully saturated rings. The number of imidazole rings is 1. The predicted octanol–water partition coefficient (Wildman–Crippen LogP) is 2.04. The van der Waals surface area contributed by atoms with Crippen LogP contribution < -0.4 is 21.7 Å². The number of carboxylic acid groups (broad SMARTS) is 1. The van der Waals surface area contributed by atoms with Crippen LogP contribution in [0.4, 0.5) is 24.7 Å². The Hall–Kier alpha value is -5.21. The SMILES string of the molecule is N#CCn1cc(-c2cnc3c(Nc4ccc(C(=O)NCC(=O)NCCN)c(Cl)c4)nccn23)c(C(F)(F)F)n1.O=CO. The Kier molecular flexibility index (Phi) is 10.4. The zero-order valence-electron chi connectivity index (χ0n) is 21.4. The van der Waals surface area contributed by atoms with Gasteiger partial charge in [0, 0.05) is 37.4 Å². The van der Waals surface area contributed by atoms with Crippen molar-refractivity contribution in [3.63, 3.8) is 0 Å². The summed E-state index contributed by atoms with van der Waals surface area (Å²) in [5, 5.41) is 27.3. The van der Waals surface area contributed by atoms with Crippen molar-refractivity contribution in [1.82, 2.24) is 34.8 Å². The average Bonchev–Trinajstić information content (AvgIpc) is 3.56. The highest BCUT2D eigenvalue weighted by Gasteiger charge is 2.38. The number of rotatable bonds is 9. The lowest BCUT2D eigenvalue weighted by molar-refractivity contribution is -0.141. The van der Waals surface area contributed by atoms with Gasteiger partial charge in [-0.3, -0.25) is 23.5 Å². The number of aromatic nitrogens is 5. The van der Waals surface area contributed by atoms with Crippen molar-refractivity contribution in [2.24, 2.45) is 5.73 Å². The van der Waals surface area contributed by atoms with Crippen LogP contribution in [-0.4, -0.2) is 67.2 Å². The number of nitrogens with zero attached hydrogens (tertiary/aromatic N) is 6. The summed E-state index contributed by atoms with van der Waals surface area (Å²) in [4.78, 5) is 40.9. The predicted molar refractivity (Wildman–Crippen MR) is 143 cm³/mol. The number of nitrogens with one attached hydrogen (secondary N) is 3. The van der Waals surface area contributed by atoms with E-state index < -0.39 is 23.7 Å². The summed E-state index contributed by atoms with van der Waals surface area (Å²) >= 11 is 6.28. The third kappa shape index (κ3) is 7.50. The second-order valence-corrected chi connectivity index (χ2v) is 8.51. The molecule has 2 amide bonds. The van der Waals surface area contributed by atoms with Crippen LogP contribution >= 0.6 is 11.6 Å². The van der Waals surface area contributed by atoms with Gasteiger partial charge in [-0.25, -0.2) is 9.97 Å². The lowest BCUT2D eigenvalue weighted by atomic mass is 10.2. The molecule has 3 aromatic heterocycles. The number of hydrogen-bond acceptors (Lipinski definition) is 9. The maximum atomic E-state index is 13.6. The molecule has 4 aromatic rings. The number of anilines is 2. The Morgan fingerprint density at radius 3 is 2.62 bits per heavy atom. The molecule has 0 radical (unpaired) electrons. The van der Waals surface area contributed by atoms with Crippen LogP contribution in [0.5, 0.6) is 0 Å². The molecule has 0 aliphatic rings. The van der Waals surface area contributed by atoms with Gasteiger partial charge in [0.15, 0.2) is 17.2 Å². The second-order valence-electron chi connectivity index (χ2n) is 8.10. The van der Waals surface area contributed by atoms with Gasteiger partial charge in [-0.1, -0.05) is 11.6 Å². The number of carbonyl (C=O) groups is 3. The fourth-order valence-corrected chi connectivity index (χ4v) is 3.89. The lowest BCUT2D eigenvalue weighted by Gasteiger charge is -2.11. The van der Waals surface area contributed by atoms with Crippen LogP contribution in [0.15, 0.2) is 43.0 Å². The van der Waals surface area contributed by atoms with Crippen LogP contribution in [-0.2, 0) is 22.3 Å². The fourth-order valence-electron chi connectivity index (χ4n) is 3.62. The number of fused-ring (bicyclic) bond motifs is 1. The Bertz CT molecular complexity index is 1630. The first-order valence-electron chi connectivity index (χ1n) is 11.8. The van der Waals surface area contributed by atoms with Gasteiger partial charge in [0.2, 0.25) is 5.91 Å². The molecule has 0 atom stereocenters. The molecule has 0 saturated heterocycles. The first-order chi connectivity index (χ1) is 20.0. The molecule has 14 nitrogen and oxygen atoms in total. The van der Waals surface area contributed by atoms with Crippen molar-refractivity contribution in [2.75, 3.05) is 25.0 Å². The summed E-state index contributed by atoms with van der Waals surface area (Å²) in [6, 6.07) is 6.19. The number of nitriles is 1. The highest BCUT2D eigenvalue weighted by molar-refractivity contribution is 6.34. The summed E-state index contributed by atoms with van der Waals surface area (Å²) < 4.78 is 43.2. The van der Waals surface area contributed by atoms with Crippen LogP contribution in [0.2, 0.25) is 5.02 Å². The molecule has 220 valence electrons. The minimum absolute atomic E-state index is 0.0792. The molecule has 6 N–H and O–H groups in total. The minimum atomic E-state index is -4.76. The van der Waals surface area contributed by atoms with Gasteiger partial charge in [-0.15, -0.1) is 0 Å². The number of carbonyl (C=O) groups excluding carboxylic acids is 2. The molecule has 1 aromatic carbocycles. The van der Waals surface area contributed by atoms with E-state index in [1.807, 2.05) is 0 Å². The van der Waals surface area contributed by atoms with Gasteiger partial charge in [0.25, 0.3) is 12.4 Å². The molecule has 0 aliphatic carbocycles. The molecule has 0 unspecified atom stereocenters. The Labute approximate surface area is 239 Å². The van der Waals surface area contributed by atoms with Crippen LogP contribution in [0.1, 0.15) is 16.1 Å². The Morgan fingerprint density at radius 1 is 1.24 bits per heavy atom. The second kappa shape index (κ2) is 13.9. The Balaban J connectivity index is 0.00000155. The van der Waals surface area contributed by atoms with Crippen molar-refractivity contribution in [3.8, 4) is 17.3 Å². The largest absolute Gasteiger partial charge is 0.483 e. The third-order valence-electron chi connectivity index (χ3n) is 5.32. The minimum Gasteiger partial charge on any atom is -0.483 e.